The monoisotopic (exact) mass is 468 g/mol. The van der Waals surface area contributed by atoms with Gasteiger partial charge in [0.05, 0.1) is 10.6 Å². The molecule has 1 aliphatic rings. The van der Waals surface area contributed by atoms with E-state index in [1.807, 2.05) is 19.9 Å². The molecule has 9 heteroatoms. The Morgan fingerprint density at radius 3 is 2.52 bits per heavy atom. The van der Waals surface area contributed by atoms with Crippen LogP contribution < -0.4 is 9.62 Å². The first-order valence-corrected chi connectivity index (χ1v) is 12.6. The van der Waals surface area contributed by atoms with Gasteiger partial charge in [-0.2, -0.15) is 4.98 Å². The van der Waals surface area contributed by atoms with Gasteiger partial charge in [-0.25, -0.2) is 8.42 Å². The summed E-state index contributed by atoms with van der Waals surface area (Å²) in [5.74, 6) is 0.990. The van der Waals surface area contributed by atoms with Gasteiger partial charge in [0.1, 0.15) is 6.04 Å². The lowest BCUT2D eigenvalue weighted by molar-refractivity contribution is 0.0913. The fourth-order valence-electron chi connectivity index (χ4n) is 3.63. The van der Waals surface area contributed by atoms with E-state index in [2.05, 4.69) is 15.5 Å². The van der Waals surface area contributed by atoms with Crippen LogP contribution >= 0.6 is 0 Å². The summed E-state index contributed by atoms with van der Waals surface area (Å²) in [6.45, 7) is 5.94. The molecule has 1 heterocycles. The minimum atomic E-state index is -3.84. The molecule has 0 bridgehead atoms. The normalized spacial score (nSPS) is 14.8. The molecule has 33 heavy (non-hydrogen) atoms. The van der Waals surface area contributed by atoms with Crippen molar-refractivity contribution in [3.05, 3.63) is 71.9 Å². The number of nitrogens with zero attached hydrogens (tertiary/aromatic N) is 3. The number of carbonyl (C=O) groups is 1. The Bertz CT molecular complexity index is 1220. The fourth-order valence-corrected chi connectivity index (χ4v) is 5.15. The molecule has 1 aliphatic carbocycles. The highest BCUT2D eigenvalue weighted by atomic mass is 32.2. The van der Waals surface area contributed by atoms with Crippen LogP contribution in [0.25, 0.3) is 0 Å². The molecular weight excluding hydrogens is 440 g/mol. The van der Waals surface area contributed by atoms with Crippen LogP contribution in [0.1, 0.15) is 67.6 Å². The van der Waals surface area contributed by atoms with E-state index in [9.17, 15) is 13.2 Å². The van der Waals surface area contributed by atoms with Crippen LogP contribution in [-0.2, 0) is 10.0 Å². The largest absolute Gasteiger partial charge is 0.340 e. The highest BCUT2D eigenvalue weighted by Gasteiger charge is 2.32. The number of amides is 1. The zero-order chi connectivity index (χ0) is 23.6. The molecule has 1 aromatic heterocycles. The Kier molecular flexibility index (Phi) is 6.51. The molecule has 1 saturated carbocycles. The van der Waals surface area contributed by atoms with Crippen LogP contribution in [0.15, 0.2) is 64.0 Å². The van der Waals surface area contributed by atoms with Gasteiger partial charge < -0.3 is 9.84 Å². The van der Waals surface area contributed by atoms with Crippen molar-refractivity contribution in [1.82, 2.24) is 15.5 Å². The molecule has 0 spiro atoms. The smallest absolute Gasteiger partial charge is 0.264 e. The third-order valence-corrected chi connectivity index (χ3v) is 7.53. The van der Waals surface area contributed by atoms with Crippen LogP contribution in [-0.4, -0.2) is 31.0 Å². The molecule has 1 unspecified atom stereocenters. The van der Waals surface area contributed by atoms with Crippen molar-refractivity contribution < 1.29 is 17.7 Å². The van der Waals surface area contributed by atoms with E-state index in [0.29, 0.717) is 23.3 Å². The van der Waals surface area contributed by atoms with Crippen LogP contribution in [0.5, 0.6) is 0 Å². The van der Waals surface area contributed by atoms with Gasteiger partial charge in [0.15, 0.2) is 5.82 Å². The number of anilines is 1. The molecule has 1 amide bonds. The van der Waals surface area contributed by atoms with Crippen LogP contribution in [0.3, 0.4) is 0 Å². The van der Waals surface area contributed by atoms with Crippen molar-refractivity contribution in [3.8, 4) is 0 Å². The van der Waals surface area contributed by atoms with E-state index in [1.54, 1.807) is 43.3 Å². The van der Waals surface area contributed by atoms with Gasteiger partial charge in [-0.15, -0.1) is 0 Å². The van der Waals surface area contributed by atoms with E-state index in [1.165, 1.54) is 16.4 Å². The molecule has 4 rings (SSSR count). The summed E-state index contributed by atoms with van der Waals surface area (Å²) in [5, 5.41) is 6.97. The maximum atomic E-state index is 13.3. The quantitative estimate of drug-likeness (QED) is 0.502. The number of carbonyl (C=O) groups excluding carboxylic acids is 1. The zero-order valence-electron chi connectivity index (χ0n) is 18.9. The van der Waals surface area contributed by atoms with E-state index in [-0.39, 0.29) is 22.9 Å². The molecule has 0 saturated heterocycles. The maximum absolute atomic E-state index is 13.3. The van der Waals surface area contributed by atoms with Gasteiger partial charge in [0.25, 0.3) is 15.9 Å². The summed E-state index contributed by atoms with van der Waals surface area (Å²) >= 11 is 0. The van der Waals surface area contributed by atoms with E-state index in [4.69, 9.17) is 4.52 Å². The molecular formula is C24H28N4O4S. The Morgan fingerprint density at radius 2 is 1.88 bits per heavy atom. The zero-order valence-corrected chi connectivity index (χ0v) is 19.7. The minimum absolute atomic E-state index is 0.00188. The van der Waals surface area contributed by atoms with E-state index in [0.717, 1.165) is 12.8 Å². The van der Waals surface area contributed by atoms with Gasteiger partial charge in [-0.1, -0.05) is 43.3 Å². The SMILES string of the molecule is CCN(c1ccccc1)S(=O)(=O)c1cccc(C(=O)NC(c2nc(C3CC3)no2)C(C)C)c1. The van der Waals surface area contributed by atoms with Gasteiger partial charge in [0.2, 0.25) is 5.89 Å². The van der Waals surface area contributed by atoms with E-state index >= 15 is 0 Å². The molecule has 2 aromatic carbocycles. The summed E-state index contributed by atoms with van der Waals surface area (Å²) in [5.41, 5.74) is 0.811. The summed E-state index contributed by atoms with van der Waals surface area (Å²) in [4.78, 5) is 17.6. The number of para-hydroxylation sites is 1. The average Bonchev–Trinajstić information content (AvgIpc) is 3.55. The fraction of sp³-hybridized carbons (Fsp3) is 0.375. The predicted molar refractivity (Wildman–Crippen MR) is 124 cm³/mol. The predicted octanol–water partition coefficient (Wildman–Crippen LogP) is 4.29. The molecule has 174 valence electrons. The minimum Gasteiger partial charge on any atom is -0.340 e. The van der Waals surface area contributed by atoms with E-state index < -0.39 is 22.0 Å². The molecule has 8 nitrogen and oxygen atoms in total. The highest BCUT2D eigenvalue weighted by Crippen LogP contribution is 2.38. The van der Waals surface area contributed by atoms with Crippen molar-refractivity contribution in [3.63, 3.8) is 0 Å². The number of rotatable bonds is 9. The van der Waals surface area contributed by atoms with Gasteiger partial charge >= 0.3 is 0 Å². The Balaban J connectivity index is 1.57. The number of hydrogen-bond donors (Lipinski definition) is 1. The second kappa shape index (κ2) is 9.35. The van der Waals surface area contributed by atoms with Crippen molar-refractivity contribution in [2.45, 2.75) is 50.5 Å². The average molecular weight is 469 g/mol. The standard InChI is InChI=1S/C24H28N4O4S/c1-4-28(19-10-6-5-7-11-19)33(30,31)20-12-8-9-18(15-20)23(29)25-21(16(2)3)24-26-22(27-32-24)17-13-14-17/h5-12,15-17,21H,4,13-14H2,1-3H3,(H,25,29). The number of nitrogens with one attached hydrogen (secondary N) is 1. The topological polar surface area (TPSA) is 105 Å². The number of hydrogen-bond acceptors (Lipinski definition) is 6. The summed E-state index contributed by atoms with van der Waals surface area (Å²) in [7, 11) is -3.84. The molecule has 1 N–H and O–H groups in total. The molecule has 1 fully saturated rings. The third kappa shape index (κ3) is 4.93. The highest BCUT2D eigenvalue weighted by molar-refractivity contribution is 7.92. The second-order valence-corrected chi connectivity index (χ2v) is 10.4. The van der Waals surface area contributed by atoms with Gasteiger partial charge in [-0.05, 0) is 56.0 Å². The molecule has 1 atom stereocenters. The lowest BCUT2D eigenvalue weighted by Crippen LogP contribution is -2.33. The number of benzene rings is 2. The summed E-state index contributed by atoms with van der Waals surface area (Å²) < 4.78 is 33.4. The van der Waals surface area contributed by atoms with Gasteiger partial charge in [0, 0.05) is 18.0 Å². The van der Waals surface area contributed by atoms with Crippen LogP contribution in [0, 0.1) is 5.92 Å². The lowest BCUT2D eigenvalue weighted by atomic mass is 10.0. The number of sulfonamides is 1. The Labute approximate surface area is 194 Å². The van der Waals surface area contributed by atoms with Crippen LogP contribution in [0.4, 0.5) is 5.69 Å². The Morgan fingerprint density at radius 1 is 1.15 bits per heavy atom. The molecule has 0 aliphatic heterocycles. The first-order chi connectivity index (χ1) is 15.8. The molecule has 3 aromatic rings. The Hall–Kier alpha value is -3.20. The summed E-state index contributed by atoms with van der Waals surface area (Å²) in [6.07, 6.45) is 2.10. The number of aromatic nitrogens is 2. The lowest BCUT2D eigenvalue weighted by Gasteiger charge is -2.23. The first-order valence-electron chi connectivity index (χ1n) is 11.1. The second-order valence-electron chi connectivity index (χ2n) is 8.49. The molecule has 0 radical (unpaired) electrons. The van der Waals surface area contributed by atoms with Crippen molar-refractivity contribution >= 4 is 21.6 Å². The van der Waals surface area contributed by atoms with Crippen molar-refractivity contribution in [2.24, 2.45) is 5.92 Å². The maximum Gasteiger partial charge on any atom is 0.264 e. The summed E-state index contributed by atoms with van der Waals surface area (Å²) in [6, 6.07) is 14.5. The first kappa shape index (κ1) is 23.0. The van der Waals surface area contributed by atoms with Crippen LogP contribution in [0.2, 0.25) is 0 Å². The van der Waals surface area contributed by atoms with Crippen molar-refractivity contribution in [2.75, 3.05) is 10.8 Å². The van der Waals surface area contributed by atoms with Gasteiger partial charge in [-0.3, -0.25) is 9.10 Å². The third-order valence-electron chi connectivity index (χ3n) is 5.63. The van der Waals surface area contributed by atoms with Crippen molar-refractivity contribution in [1.29, 1.82) is 0 Å².